The zero-order chi connectivity index (χ0) is 16.0. The van der Waals surface area contributed by atoms with Gasteiger partial charge in [0.25, 0.3) is 5.91 Å². The molecule has 1 amide bonds. The monoisotopic (exact) mass is 298 g/mol. The first-order valence-corrected chi connectivity index (χ1v) is 6.00. The second-order valence-corrected chi connectivity index (χ2v) is 4.27. The number of aliphatic hydroxyl groups excluding tert-OH is 1. The van der Waals surface area contributed by atoms with Gasteiger partial charge in [-0.1, -0.05) is 12.1 Å². The van der Waals surface area contributed by atoms with E-state index in [1.807, 2.05) is 0 Å². The van der Waals surface area contributed by atoms with Crippen LogP contribution in [-0.4, -0.2) is 17.6 Å². The van der Waals surface area contributed by atoms with Crippen LogP contribution in [0.4, 0.5) is 13.2 Å². The lowest BCUT2D eigenvalue weighted by Crippen LogP contribution is -2.27. The SMILES string of the molecule is C/C(O)=C(\C#N)C(=O)NCCc1ccc(C(F)(F)F)cc1. The Hall–Kier alpha value is -2.49. The van der Waals surface area contributed by atoms with Crippen LogP contribution in [0.3, 0.4) is 0 Å². The molecule has 1 rings (SSSR count). The molecule has 0 bridgehead atoms. The summed E-state index contributed by atoms with van der Waals surface area (Å²) < 4.78 is 37.1. The number of alkyl halides is 3. The number of aliphatic hydroxyl groups is 1. The Morgan fingerprint density at radius 1 is 1.33 bits per heavy atom. The Morgan fingerprint density at radius 2 is 1.90 bits per heavy atom. The number of nitrogens with zero attached hydrogens (tertiary/aromatic N) is 1. The minimum atomic E-state index is -4.38. The quantitative estimate of drug-likeness (QED) is 0.510. The molecule has 0 aromatic heterocycles. The Balaban J connectivity index is 2.56. The molecule has 0 aliphatic rings. The van der Waals surface area contributed by atoms with E-state index in [1.54, 1.807) is 6.07 Å². The van der Waals surface area contributed by atoms with Gasteiger partial charge >= 0.3 is 6.18 Å². The maximum atomic E-state index is 12.4. The molecule has 7 heteroatoms. The van der Waals surface area contributed by atoms with E-state index in [0.717, 1.165) is 12.1 Å². The molecule has 1 aromatic carbocycles. The molecular weight excluding hydrogens is 285 g/mol. The van der Waals surface area contributed by atoms with Crippen molar-refractivity contribution in [1.29, 1.82) is 5.26 Å². The normalized spacial score (nSPS) is 12.3. The predicted molar refractivity (Wildman–Crippen MR) is 69.1 cm³/mol. The second kappa shape index (κ2) is 6.79. The lowest BCUT2D eigenvalue weighted by atomic mass is 10.1. The Morgan fingerprint density at radius 3 is 2.33 bits per heavy atom. The molecule has 0 saturated carbocycles. The van der Waals surface area contributed by atoms with E-state index in [2.05, 4.69) is 5.32 Å². The maximum Gasteiger partial charge on any atom is 0.416 e. The van der Waals surface area contributed by atoms with Crippen molar-refractivity contribution in [2.75, 3.05) is 6.54 Å². The van der Waals surface area contributed by atoms with E-state index in [9.17, 15) is 18.0 Å². The van der Waals surface area contributed by atoms with Gasteiger partial charge in [-0.25, -0.2) is 0 Å². The number of amides is 1. The van der Waals surface area contributed by atoms with Gasteiger partial charge in [-0.3, -0.25) is 4.79 Å². The Kier molecular flexibility index (Phi) is 5.36. The summed E-state index contributed by atoms with van der Waals surface area (Å²) in [6.07, 6.45) is -4.06. The van der Waals surface area contributed by atoms with E-state index >= 15 is 0 Å². The molecule has 0 saturated heterocycles. The van der Waals surface area contributed by atoms with Crippen LogP contribution in [0.15, 0.2) is 35.6 Å². The molecule has 0 fully saturated rings. The predicted octanol–water partition coefficient (Wildman–Crippen LogP) is 2.72. The lowest BCUT2D eigenvalue weighted by Gasteiger charge is -2.08. The van der Waals surface area contributed by atoms with Gasteiger partial charge in [-0.2, -0.15) is 18.4 Å². The minimum absolute atomic E-state index is 0.142. The molecule has 2 N–H and O–H groups in total. The number of carbonyl (C=O) groups excluding carboxylic acids is 1. The molecule has 0 radical (unpaired) electrons. The summed E-state index contributed by atoms with van der Waals surface area (Å²) >= 11 is 0. The standard InChI is InChI=1S/C14H13F3N2O2/c1-9(20)12(8-18)13(21)19-7-6-10-2-4-11(5-3-10)14(15,16)17/h2-5,20H,6-7H2,1H3,(H,19,21)/b12-9-. The average molecular weight is 298 g/mol. The number of hydrogen-bond donors (Lipinski definition) is 2. The summed E-state index contributed by atoms with van der Waals surface area (Å²) in [5.74, 6) is -1.10. The number of benzene rings is 1. The fourth-order valence-electron chi connectivity index (χ4n) is 1.57. The zero-order valence-corrected chi connectivity index (χ0v) is 11.2. The molecular formula is C14H13F3N2O2. The van der Waals surface area contributed by atoms with E-state index in [4.69, 9.17) is 10.4 Å². The van der Waals surface area contributed by atoms with Crippen LogP contribution < -0.4 is 5.32 Å². The highest BCUT2D eigenvalue weighted by atomic mass is 19.4. The van der Waals surface area contributed by atoms with Crippen molar-refractivity contribution in [3.63, 3.8) is 0 Å². The summed E-state index contributed by atoms with van der Waals surface area (Å²) in [7, 11) is 0. The lowest BCUT2D eigenvalue weighted by molar-refractivity contribution is -0.137. The summed E-state index contributed by atoms with van der Waals surface area (Å²) in [6, 6.07) is 6.16. The van der Waals surface area contributed by atoms with Crippen molar-refractivity contribution in [2.24, 2.45) is 0 Å². The van der Waals surface area contributed by atoms with Crippen molar-refractivity contribution in [3.8, 4) is 6.07 Å². The van der Waals surface area contributed by atoms with Crippen molar-refractivity contribution in [2.45, 2.75) is 19.5 Å². The van der Waals surface area contributed by atoms with Gasteiger partial charge in [-0.15, -0.1) is 0 Å². The Labute approximate surface area is 119 Å². The van der Waals surface area contributed by atoms with Crippen LogP contribution in [0.2, 0.25) is 0 Å². The minimum Gasteiger partial charge on any atom is -0.511 e. The van der Waals surface area contributed by atoms with Crippen LogP contribution in [0.25, 0.3) is 0 Å². The van der Waals surface area contributed by atoms with Crippen molar-refractivity contribution < 1.29 is 23.1 Å². The van der Waals surface area contributed by atoms with Crippen LogP contribution in [-0.2, 0) is 17.4 Å². The van der Waals surface area contributed by atoms with Crippen molar-refractivity contribution >= 4 is 5.91 Å². The number of hydrogen-bond acceptors (Lipinski definition) is 3. The first kappa shape index (κ1) is 16.6. The number of halogens is 3. The van der Waals surface area contributed by atoms with Gasteiger partial charge in [-0.05, 0) is 31.0 Å². The highest BCUT2D eigenvalue weighted by molar-refractivity contribution is 5.97. The molecule has 4 nitrogen and oxygen atoms in total. The number of allylic oxidation sites excluding steroid dienone is 1. The highest BCUT2D eigenvalue weighted by Gasteiger charge is 2.29. The second-order valence-electron chi connectivity index (χ2n) is 4.27. The van der Waals surface area contributed by atoms with Gasteiger partial charge in [0, 0.05) is 6.54 Å². The Bertz CT molecular complexity index is 580. The first-order chi connectivity index (χ1) is 9.75. The van der Waals surface area contributed by atoms with Crippen LogP contribution in [0.1, 0.15) is 18.1 Å². The van der Waals surface area contributed by atoms with E-state index < -0.39 is 17.6 Å². The smallest absolute Gasteiger partial charge is 0.416 e. The molecule has 0 atom stereocenters. The van der Waals surface area contributed by atoms with E-state index in [-0.39, 0.29) is 17.9 Å². The molecule has 0 aliphatic carbocycles. The van der Waals surface area contributed by atoms with E-state index in [0.29, 0.717) is 12.0 Å². The largest absolute Gasteiger partial charge is 0.511 e. The van der Waals surface area contributed by atoms with Crippen molar-refractivity contribution in [3.05, 3.63) is 46.7 Å². The third-order valence-electron chi connectivity index (χ3n) is 2.68. The van der Waals surface area contributed by atoms with Crippen LogP contribution in [0.5, 0.6) is 0 Å². The average Bonchev–Trinajstić information content (AvgIpc) is 2.38. The van der Waals surface area contributed by atoms with E-state index in [1.165, 1.54) is 19.1 Å². The summed E-state index contributed by atoms with van der Waals surface area (Å²) in [4.78, 5) is 11.5. The highest BCUT2D eigenvalue weighted by Crippen LogP contribution is 2.29. The van der Waals surface area contributed by atoms with Crippen molar-refractivity contribution in [1.82, 2.24) is 5.32 Å². The molecule has 21 heavy (non-hydrogen) atoms. The van der Waals surface area contributed by atoms with Gasteiger partial charge in [0.1, 0.15) is 11.8 Å². The van der Waals surface area contributed by atoms with Crippen LogP contribution >= 0.6 is 0 Å². The number of nitriles is 1. The molecule has 0 unspecified atom stereocenters. The fourth-order valence-corrected chi connectivity index (χ4v) is 1.57. The van der Waals surface area contributed by atoms with Gasteiger partial charge in [0.2, 0.25) is 0 Å². The molecule has 112 valence electrons. The third-order valence-corrected chi connectivity index (χ3v) is 2.68. The van der Waals surface area contributed by atoms with Gasteiger partial charge < -0.3 is 10.4 Å². The maximum absolute atomic E-state index is 12.4. The summed E-state index contributed by atoms with van der Waals surface area (Å²) in [5.41, 5.74) is -0.505. The molecule has 1 aromatic rings. The zero-order valence-electron chi connectivity index (χ0n) is 11.2. The van der Waals surface area contributed by atoms with Gasteiger partial charge in [0.05, 0.1) is 5.56 Å². The van der Waals surface area contributed by atoms with Gasteiger partial charge in [0.15, 0.2) is 5.57 Å². The molecule has 0 aliphatic heterocycles. The number of carbonyl (C=O) groups is 1. The summed E-state index contributed by atoms with van der Waals surface area (Å²) in [5, 5.41) is 20.2. The fraction of sp³-hybridized carbons (Fsp3) is 0.286. The third kappa shape index (κ3) is 4.84. The number of nitrogens with one attached hydrogen (secondary N) is 1. The van der Waals surface area contributed by atoms with Crippen LogP contribution in [0, 0.1) is 11.3 Å². The topological polar surface area (TPSA) is 73.1 Å². The number of rotatable bonds is 4. The first-order valence-electron chi connectivity index (χ1n) is 6.00. The molecule has 0 spiro atoms. The summed E-state index contributed by atoms with van der Waals surface area (Å²) in [6.45, 7) is 1.36. The molecule has 0 heterocycles.